The Labute approximate surface area is 90.2 Å². The minimum atomic E-state index is -0.525. The zero-order valence-electron chi connectivity index (χ0n) is 8.59. The van der Waals surface area contributed by atoms with Crippen LogP contribution in [0.25, 0.3) is 0 Å². The molecule has 1 saturated heterocycles. The Morgan fingerprint density at radius 3 is 2.50 bits per heavy atom. The molecule has 1 saturated carbocycles. The van der Waals surface area contributed by atoms with Gasteiger partial charge in [0.05, 0.1) is 6.07 Å². The molecule has 2 rings (SSSR count). The number of nitrogens with zero attached hydrogens (tertiary/aromatic N) is 1. The van der Waals surface area contributed by atoms with Crippen LogP contribution in [0.15, 0.2) is 0 Å². The molecule has 1 atom stereocenters. The molecule has 0 aromatic carbocycles. The first-order chi connectivity index (χ1) is 6.68. The molecule has 2 aliphatic rings. The summed E-state index contributed by atoms with van der Waals surface area (Å²) in [6.45, 7) is 0. The molecular weight excluding hydrogens is 192 g/mol. The number of nitrogens with two attached hydrogens (primary N) is 1. The van der Waals surface area contributed by atoms with Crippen molar-refractivity contribution < 1.29 is 0 Å². The van der Waals surface area contributed by atoms with Crippen molar-refractivity contribution >= 4 is 11.8 Å². The van der Waals surface area contributed by atoms with Crippen LogP contribution in [0.5, 0.6) is 0 Å². The second kappa shape index (κ2) is 3.75. The third-order valence-electron chi connectivity index (χ3n) is 3.58. The van der Waals surface area contributed by atoms with Crippen LogP contribution >= 0.6 is 11.8 Å². The van der Waals surface area contributed by atoms with E-state index in [1.165, 1.54) is 32.1 Å². The Morgan fingerprint density at radius 1 is 1.14 bits per heavy atom. The maximum Gasteiger partial charge on any atom is 0.106 e. The minimum absolute atomic E-state index is 0.362. The summed E-state index contributed by atoms with van der Waals surface area (Å²) in [4.78, 5) is 0. The van der Waals surface area contributed by atoms with Crippen LogP contribution in [-0.4, -0.2) is 16.0 Å². The monoisotopic (exact) mass is 210 g/mol. The van der Waals surface area contributed by atoms with Gasteiger partial charge in [-0.1, -0.05) is 19.3 Å². The van der Waals surface area contributed by atoms with E-state index in [0.29, 0.717) is 4.75 Å². The largest absolute Gasteiger partial charge is 0.313 e. The van der Waals surface area contributed by atoms with Gasteiger partial charge in [0, 0.05) is 4.75 Å². The number of nitriles is 1. The third kappa shape index (κ3) is 1.92. The van der Waals surface area contributed by atoms with Gasteiger partial charge in [-0.25, -0.2) is 0 Å². The standard InChI is InChI=1S/C11H18N2S/c12-9-10(13)6-7-14-11(8-10)4-2-1-3-5-11/h1-8,13H2. The molecule has 0 aromatic heterocycles. The van der Waals surface area contributed by atoms with E-state index in [2.05, 4.69) is 17.8 Å². The Bertz CT molecular complexity index is 247. The fourth-order valence-corrected chi connectivity index (χ4v) is 4.61. The molecule has 1 aliphatic carbocycles. The molecule has 1 spiro atoms. The van der Waals surface area contributed by atoms with Crippen LogP contribution in [0.4, 0.5) is 0 Å². The van der Waals surface area contributed by atoms with Gasteiger partial charge in [0.15, 0.2) is 0 Å². The lowest BCUT2D eigenvalue weighted by atomic mass is 9.78. The molecule has 1 aliphatic heterocycles. The highest BCUT2D eigenvalue weighted by Crippen LogP contribution is 2.48. The third-order valence-corrected chi connectivity index (χ3v) is 5.15. The van der Waals surface area contributed by atoms with Crippen molar-refractivity contribution in [3.63, 3.8) is 0 Å². The molecule has 0 bridgehead atoms. The van der Waals surface area contributed by atoms with Crippen molar-refractivity contribution in [2.45, 2.75) is 55.2 Å². The van der Waals surface area contributed by atoms with Gasteiger partial charge >= 0.3 is 0 Å². The van der Waals surface area contributed by atoms with E-state index >= 15 is 0 Å². The second-order valence-electron chi connectivity index (χ2n) is 4.79. The first-order valence-corrected chi connectivity index (χ1v) is 6.51. The highest BCUT2D eigenvalue weighted by atomic mass is 32.2. The molecule has 0 aromatic rings. The van der Waals surface area contributed by atoms with E-state index in [1.807, 2.05) is 0 Å². The number of thioether (sulfide) groups is 1. The molecule has 1 unspecified atom stereocenters. The lowest BCUT2D eigenvalue weighted by Gasteiger charge is -2.45. The summed E-state index contributed by atoms with van der Waals surface area (Å²) in [6, 6.07) is 2.32. The fraction of sp³-hybridized carbons (Fsp3) is 0.909. The zero-order chi connectivity index (χ0) is 10.1. The Morgan fingerprint density at radius 2 is 1.86 bits per heavy atom. The summed E-state index contributed by atoms with van der Waals surface area (Å²) in [5, 5.41) is 9.08. The van der Waals surface area contributed by atoms with Gasteiger partial charge < -0.3 is 5.73 Å². The molecule has 2 fully saturated rings. The average molecular weight is 210 g/mol. The van der Waals surface area contributed by atoms with E-state index < -0.39 is 5.54 Å². The average Bonchev–Trinajstić information content (AvgIpc) is 2.19. The van der Waals surface area contributed by atoms with Crippen LogP contribution < -0.4 is 5.73 Å². The van der Waals surface area contributed by atoms with Crippen LogP contribution in [0.3, 0.4) is 0 Å². The molecule has 0 radical (unpaired) electrons. The summed E-state index contributed by atoms with van der Waals surface area (Å²) in [5.74, 6) is 1.07. The van der Waals surface area contributed by atoms with Crippen molar-refractivity contribution in [3.8, 4) is 6.07 Å². The highest BCUT2D eigenvalue weighted by Gasteiger charge is 2.43. The van der Waals surface area contributed by atoms with Gasteiger partial charge in [-0.15, -0.1) is 0 Å². The summed E-state index contributed by atoms with van der Waals surface area (Å²) < 4.78 is 0.362. The van der Waals surface area contributed by atoms with Gasteiger partial charge in [-0.05, 0) is 31.4 Å². The van der Waals surface area contributed by atoms with Gasteiger partial charge in [-0.3, -0.25) is 0 Å². The smallest absolute Gasteiger partial charge is 0.106 e. The summed E-state index contributed by atoms with van der Waals surface area (Å²) in [5.41, 5.74) is 5.56. The van der Waals surface area contributed by atoms with Crippen LogP contribution in [0.2, 0.25) is 0 Å². The lowest BCUT2D eigenvalue weighted by molar-refractivity contribution is 0.310. The topological polar surface area (TPSA) is 49.8 Å². The summed E-state index contributed by atoms with van der Waals surface area (Å²) >= 11 is 2.07. The van der Waals surface area contributed by atoms with Gasteiger partial charge in [0.2, 0.25) is 0 Å². The van der Waals surface area contributed by atoms with Crippen molar-refractivity contribution in [1.29, 1.82) is 5.26 Å². The lowest BCUT2D eigenvalue weighted by Crippen LogP contribution is -2.50. The van der Waals surface area contributed by atoms with Gasteiger partial charge in [0.25, 0.3) is 0 Å². The summed E-state index contributed by atoms with van der Waals surface area (Å²) in [7, 11) is 0. The van der Waals surface area contributed by atoms with Crippen LogP contribution in [0.1, 0.15) is 44.9 Å². The number of rotatable bonds is 0. The molecule has 3 heteroatoms. The molecule has 2 nitrogen and oxygen atoms in total. The molecular formula is C11H18N2S. The van der Waals surface area contributed by atoms with Crippen LogP contribution in [0, 0.1) is 11.3 Å². The van der Waals surface area contributed by atoms with E-state index in [9.17, 15) is 0 Å². The normalized spacial score (nSPS) is 36.6. The maximum absolute atomic E-state index is 9.08. The maximum atomic E-state index is 9.08. The van der Waals surface area contributed by atoms with Gasteiger partial charge in [-0.2, -0.15) is 17.0 Å². The first kappa shape index (κ1) is 10.3. The Hall–Kier alpha value is -0.200. The number of hydrogen-bond donors (Lipinski definition) is 1. The molecule has 0 amide bonds. The van der Waals surface area contributed by atoms with Crippen molar-refractivity contribution in [2.75, 3.05) is 5.75 Å². The zero-order valence-corrected chi connectivity index (χ0v) is 9.41. The quantitative estimate of drug-likeness (QED) is 0.668. The molecule has 2 N–H and O–H groups in total. The SMILES string of the molecule is N#CC1(N)CCSC2(CCCCC2)C1. The van der Waals surface area contributed by atoms with E-state index in [1.54, 1.807) is 0 Å². The predicted molar refractivity (Wildman–Crippen MR) is 60.0 cm³/mol. The van der Waals surface area contributed by atoms with Gasteiger partial charge in [0.1, 0.15) is 5.54 Å². The predicted octanol–water partition coefficient (Wildman–Crippen LogP) is 2.44. The van der Waals surface area contributed by atoms with E-state index in [-0.39, 0.29) is 0 Å². The summed E-state index contributed by atoms with van der Waals surface area (Å²) in [6.07, 6.45) is 8.36. The molecule has 1 heterocycles. The Kier molecular flexibility index (Phi) is 2.77. The minimum Gasteiger partial charge on any atom is -0.313 e. The van der Waals surface area contributed by atoms with E-state index in [0.717, 1.165) is 18.6 Å². The second-order valence-corrected chi connectivity index (χ2v) is 6.35. The first-order valence-electron chi connectivity index (χ1n) is 5.52. The van der Waals surface area contributed by atoms with Crippen LogP contribution in [-0.2, 0) is 0 Å². The molecule has 78 valence electrons. The fourth-order valence-electron chi connectivity index (χ4n) is 2.78. The van der Waals surface area contributed by atoms with Crippen molar-refractivity contribution in [2.24, 2.45) is 5.73 Å². The highest BCUT2D eigenvalue weighted by molar-refractivity contribution is 8.00. The van der Waals surface area contributed by atoms with E-state index in [4.69, 9.17) is 11.0 Å². The molecule has 14 heavy (non-hydrogen) atoms. The van der Waals surface area contributed by atoms with Crippen molar-refractivity contribution in [1.82, 2.24) is 0 Å². The number of hydrogen-bond acceptors (Lipinski definition) is 3. The Balaban J connectivity index is 2.09. The van der Waals surface area contributed by atoms with Crippen molar-refractivity contribution in [3.05, 3.63) is 0 Å².